The first-order valence-corrected chi connectivity index (χ1v) is 6.66. The van der Waals surface area contributed by atoms with E-state index in [1.807, 2.05) is 36.4 Å². The van der Waals surface area contributed by atoms with E-state index in [0.717, 1.165) is 13.1 Å². The van der Waals surface area contributed by atoms with Gasteiger partial charge < -0.3 is 4.90 Å². The van der Waals surface area contributed by atoms with Crippen molar-refractivity contribution in [2.24, 2.45) is 0 Å². The van der Waals surface area contributed by atoms with E-state index in [1.165, 1.54) is 11.1 Å². The predicted octanol–water partition coefficient (Wildman–Crippen LogP) is 4.10. The van der Waals surface area contributed by atoms with E-state index < -0.39 is 0 Å². The molecule has 0 aliphatic carbocycles. The molecular formula is C16H22Cl2N2. The summed E-state index contributed by atoms with van der Waals surface area (Å²) in [5.74, 6) is 0. The summed E-state index contributed by atoms with van der Waals surface area (Å²) in [6.07, 6.45) is 0. The number of nitrogens with zero attached hydrogens (tertiary/aromatic N) is 1. The average molecular weight is 313 g/mol. The minimum Gasteiger partial charge on any atom is -0.305 e. The Balaban J connectivity index is 0.000000345. The molecule has 2 aromatic rings. The van der Waals surface area contributed by atoms with Gasteiger partial charge in [-0.15, -0.1) is 12.4 Å². The molecule has 0 radical (unpaired) electrons. The molecular weight excluding hydrogens is 291 g/mol. The molecule has 0 spiro atoms. The molecule has 0 unspecified atom stereocenters. The van der Waals surface area contributed by atoms with Gasteiger partial charge in [0.1, 0.15) is 0 Å². The van der Waals surface area contributed by atoms with Gasteiger partial charge in [-0.05, 0) is 37.0 Å². The van der Waals surface area contributed by atoms with E-state index in [1.54, 1.807) is 0 Å². The molecule has 0 saturated carbocycles. The van der Waals surface area contributed by atoms with Crippen molar-refractivity contribution >= 4 is 24.2 Å². The van der Waals surface area contributed by atoms with Crippen LogP contribution in [0.2, 0.25) is 0 Å². The fourth-order valence-corrected chi connectivity index (χ4v) is 1.78. The van der Waals surface area contributed by atoms with Crippen LogP contribution in [0.25, 0.3) is 0 Å². The Labute approximate surface area is 133 Å². The molecule has 0 heterocycles. The maximum atomic E-state index is 5.29. The Morgan fingerprint density at radius 2 is 1.30 bits per heavy atom. The molecule has 0 saturated heterocycles. The van der Waals surface area contributed by atoms with Gasteiger partial charge in [-0.25, -0.2) is 4.84 Å². The molecule has 0 aromatic heterocycles. The Kier molecular flexibility index (Phi) is 11.1. The molecule has 4 heteroatoms. The zero-order valence-corrected chi connectivity index (χ0v) is 13.5. The van der Waals surface area contributed by atoms with Crippen LogP contribution in [0.1, 0.15) is 11.1 Å². The third kappa shape index (κ3) is 8.94. The zero-order valence-electron chi connectivity index (χ0n) is 11.9. The number of hydrogen-bond acceptors (Lipinski definition) is 2. The standard InChI is InChI=1S/C9H13N.C7H8ClN.ClH/c1-10(2)8-9-6-4-3-5-7-9;8-9-6-7-4-2-1-3-5-7;/h3-7H,8H2,1-2H3;1-5,9H,6H2;1H. The summed E-state index contributed by atoms with van der Waals surface area (Å²) in [6, 6.07) is 20.5. The van der Waals surface area contributed by atoms with Crippen molar-refractivity contribution in [2.45, 2.75) is 13.1 Å². The molecule has 0 aliphatic heterocycles. The molecule has 0 amide bonds. The van der Waals surface area contributed by atoms with Crippen LogP contribution in [-0.2, 0) is 13.1 Å². The van der Waals surface area contributed by atoms with E-state index in [4.69, 9.17) is 11.8 Å². The van der Waals surface area contributed by atoms with Gasteiger partial charge in [0, 0.05) is 13.1 Å². The first kappa shape index (κ1) is 18.9. The largest absolute Gasteiger partial charge is 0.305 e. The van der Waals surface area contributed by atoms with E-state index >= 15 is 0 Å². The van der Waals surface area contributed by atoms with Gasteiger partial charge in [-0.3, -0.25) is 0 Å². The Morgan fingerprint density at radius 1 is 0.850 bits per heavy atom. The van der Waals surface area contributed by atoms with Crippen molar-refractivity contribution in [1.29, 1.82) is 0 Å². The van der Waals surface area contributed by atoms with Crippen LogP contribution in [0.15, 0.2) is 60.7 Å². The zero-order chi connectivity index (χ0) is 13.9. The second kappa shape index (κ2) is 11.7. The van der Waals surface area contributed by atoms with Gasteiger partial charge in [0.15, 0.2) is 0 Å². The van der Waals surface area contributed by atoms with Crippen molar-refractivity contribution < 1.29 is 0 Å². The molecule has 2 rings (SSSR count). The fourth-order valence-electron chi connectivity index (χ4n) is 1.62. The molecule has 0 aliphatic rings. The first-order valence-electron chi connectivity index (χ1n) is 6.28. The smallest absolute Gasteiger partial charge is 0.0359 e. The third-order valence-corrected chi connectivity index (χ3v) is 2.59. The fraction of sp³-hybridized carbons (Fsp3) is 0.250. The van der Waals surface area contributed by atoms with Crippen LogP contribution >= 0.6 is 24.2 Å². The van der Waals surface area contributed by atoms with Crippen LogP contribution in [0, 0.1) is 0 Å². The predicted molar refractivity (Wildman–Crippen MR) is 90.2 cm³/mol. The van der Waals surface area contributed by atoms with Gasteiger partial charge in [0.2, 0.25) is 0 Å². The van der Waals surface area contributed by atoms with E-state index in [0.29, 0.717) is 0 Å². The lowest BCUT2D eigenvalue weighted by Gasteiger charge is -2.08. The Morgan fingerprint density at radius 3 is 1.70 bits per heavy atom. The highest BCUT2D eigenvalue weighted by molar-refractivity contribution is 6.13. The summed E-state index contributed by atoms with van der Waals surface area (Å²) >= 11 is 5.29. The number of hydrogen-bond donors (Lipinski definition) is 1. The molecule has 0 fully saturated rings. The number of halogens is 2. The topological polar surface area (TPSA) is 15.3 Å². The Bertz CT molecular complexity index is 433. The quantitative estimate of drug-likeness (QED) is 0.855. The van der Waals surface area contributed by atoms with Gasteiger partial charge in [0.25, 0.3) is 0 Å². The van der Waals surface area contributed by atoms with Gasteiger partial charge in [-0.1, -0.05) is 60.7 Å². The normalized spacial score (nSPS) is 9.40. The van der Waals surface area contributed by atoms with Crippen molar-refractivity contribution in [3.05, 3.63) is 71.8 Å². The van der Waals surface area contributed by atoms with Gasteiger partial charge in [0.05, 0.1) is 0 Å². The van der Waals surface area contributed by atoms with Crippen LogP contribution in [0.4, 0.5) is 0 Å². The minimum absolute atomic E-state index is 0. The lowest BCUT2D eigenvalue weighted by molar-refractivity contribution is 0.402. The molecule has 1 N–H and O–H groups in total. The summed E-state index contributed by atoms with van der Waals surface area (Å²) in [5, 5.41) is 0. The number of rotatable bonds is 4. The van der Waals surface area contributed by atoms with Crippen molar-refractivity contribution in [2.75, 3.05) is 14.1 Å². The SMILES string of the molecule is CN(C)Cc1ccccc1.Cl.ClNCc1ccccc1. The third-order valence-electron chi connectivity index (χ3n) is 2.46. The monoisotopic (exact) mass is 312 g/mol. The molecule has 110 valence electrons. The molecule has 0 atom stereocenters. The molecule has 2 aromatic carbocycles. The highest BCUT2D eigenvalue weighted by atomic mass is 35.5. The maximum absolute atomic E-state index is 5.29. The van der Waals surface area contributed by atoms with Gasteiger partial charge >= 0.3 is 0 Å². The second-order valence-electron chi connectivity index (χ2n) is 4.52. The summed E-state index contributed by atoms with van der Waals surface area (Å²) < 4.78 is 0. The minimum atomic E-state index is 0. The number of benzene rings is 2. The summed E-state index contributed by atoms with van der Waals surface area (Å²) in [6.45, 7) is 1.75. The average Bonchev–Trinajstić information content (AvgIpc) is 2.41. The number of nitrogens with one attached hydrogen (secondary N) is 1. The molecule has 0 bridgehead atoms. The van der Waals surface area contributed by atoms with E-state index in [2.05, 4.69) is 48.1 Å². The van der Waals surface area contributed by atoms with Crippen LogP contribution in [0.3, 0.4) is 0 Å². The van der Waals surface area contributed by atoms with Crippen LogP contribution < -0.4 is 4.84 Å². The summed E-state index contributed by atoms with van der Waals surface area (Å²) in [5.41, 5.74) is 2.57. The summed E-state index contributed by atoms with van der Waals surface area (Å²) in [7, 11) is 4.15. The van der Waals surface area contributed by atoms with Crippen LogP contribution in [0.5, 0.6) is 0 Å². The maximum Gasteiger partial charge on any atom is 0.0359 e. The highest BCUT2D eigenvalue weighted by Gasteiger charge is 1.90. The Hall–Kier alpha value is -1.06. The van der Waals surface area contributed by atoms with Gasteiger partial charge in [-0.2, -0.15) is 0 Å². The molecule has 20 heavy (non-hydrogen) atoms. The summed E-state index contributed by atoms with van der Waals surface area (Å²) in [4.78, 5) is 4.72. The van der Waals surface area contributed by atoms with Crippen molar-refractivity contribution in [3.63, 3.8) is 0 Å². The lowest BCUT2D eigenvalue weighted by atomic mass is 10.2. The molecule has 2 nitrogen and oxygen atoms in total. The van der Waals surface area contributed by atoms with E-state index in [-0.39, 0.29) is 12.4 Å². The first-order chi connectivity index (χ1) is 9.22. The van der Waals surface area contributed by atoms with Crippen molar-refractivity contribution in [1.82, 2.24) is 9.74 Å². The van der Waals surface area contributed by atoms with Crippen molar-refractivity contribution in [3.8, 4) is 0 Å². The highest BCUT2D eigenvalue weighted by Crippen LogP contribution is 1.99. The lowest BCUT2D eigenvalue weighted by Crippen LogP contribution is -2.10. The second-order valence-corrected chi connectivity index (χ2v) is 4.79. The van der Waals surface area contributed by atoms with E-state index in [9.17, 15) is 0 Å². The van der Waals surface area contributed by atoms with Crippen LogP contribution in [-0.4, -0.2) is 19.0 Å².